The molecule has 146 valence electrons. The molecule has 0 bridgehead atoms. The Morgan fingerprint density at radius 1 is 1.03 bits per heavy atom. The summed E-state index contributed by atoms with van der Waals surface area (Å²) in [6, 6.07) is 18.1. The van der Waals surface area contributed by atoms with Crippen LogP contribution in [-0.4, -0.2) is 18.0 Å². The number of hydrogen-bond acceptors (Lipinski definition) is 5. The Morgan fingerprint density at radius 3 is 2.52 bits per heavy atom. The minimum absolute atomic E-state index is 0.164. The summed E-state index contributed by atoms with van der Waals surface area (Å²) >= 11 is 0. The van der Waals surface area contributed by atoms with Crippen molar-refractivity contribution in [1.82, 2.24) is 5.16 Å². The van der Waals surface area contributed by atoms with Gasteiger partial charge in [-0.25, -0.2) is 0 Å². The second kappa shape index (κ2) is 6.92. The van der Waals surface area contributed by atoms with Crippen LogP contribution in [0.4, 0.5) is 5.88 Å². The number of aryl methyl sites for hydroxylation is 1. The van der Waals surface area contributed by atoms with Gasteiger partial charge < -0.3 is 14.6 Å². The standard InChI is InChI=1S/C24H22N2O3/c1-14-21-22(16-8-10-18(28-2)11-9-16)23-19(25-24(21)29-26-14)12-17(13-20(23)27)15-6-4-3-5-7-15/h3-11,17,22,25H,12-13H2,1-2H3/t17-,22-/m1/s1. The topological polar surface area (TPSA) is 64.4 Å². The molecular formula is C24H22N2O3. The molecule has 5 heteroatoms. The van der Waals surface area contributed by atoms with Crippen molar-refractivity contribution in [3.63, 3.8) is 0 Å². The highest BCUT2D eigenvalue weighted by Gasteiger charge is 2.41. The van der Waals surface area contributed by atoms with E-state index in [1.165, 1.54) is 5.56 Å². The highest BCUT2D eigenvalue weighted by molar-refractivity contribution is 6.01. The number of Topliss-reactive ketones (excluding diaryl/α,β-unsaturated/α-hetero) is 1. The van der Waals surface area contributed by atoms with Gasteiger partial charge in [-0.2, -0.15) is 0 Å². The summed E-state index contributed by atoms with van der Waals surface area (Å²) in [6.45, 7) is 1.92. The van der Waals surface area contributed by atoms with Gasteiger partial charge in [0.1, 0.15) is 5.75 Å². The van der Waals surface area contributed by atoms with Crippen molar-refractivity contribution in [2.45, 2.75) is 31.6 Å². The van der Waals surface area contributed by atoms with Crippen LogP contribution in [0.25, 0.3) is 0 Å². The van der Waals surface area contributed by atoms with E-state index in [2.05, 4.69) is 22.6 Å². The van der Waals surface area contributed by atoms with Crippen LogP contribution in [0.5, 0.6) is 5.75 Å². The highest BCUT2D eigenvalue weighted by Crippen LogP contribution is 2.49. The summed E-state index contributed by atoms with van der Waals surface area (Å²) in [5.74, 6) is 1.60. The van der Waals surface area contributed by atoms with Crippen molar-refractivity contribution >= 4 is 11.7 Å². The van der Waals surface area contributed by atoms with Gasteiger partial charge in [-0.05, 0) is 42.5 Å². The van der Waals surface area contributed by atoms with Crippen molar-refractivity contribution in [2.75, 3.05) is 12.4 Å². The lowest BCUT2D eigenvalue weighted by Gasteiger charge is -2.34. The fourth-order valence-electron chi connectivity index (χ4n) is 4.56. The van der Waals surface area contributed by atoms with E-state index in [1.54, 1.807) is 7.11 Å². The normalized spacial score (nSPS) is 20.7. The number of methoxy groups -OCH3 is 1. The average Bonchev–Trinajstić information content (AvgIpc) is 3.13. The molecular weight excluding hydrogens is 364 g/mol. The molecule has 3 aromatic rings. The lowest BCUT2D eigenvalue weighted by atomic mass is 9.72. The van der Waals surface area contributed by atoms with E-state index < -0.39 is 0 Å². The number of carbonyl (C=O) groups is 1. The number of benzene rings is 2. The average molecular weight is 386 g/mol. The van der Waals surface area contributed by atoms with Crippen LogP contribution in [0, 0.1) is 6.92 Å². The van der Waals surface area contributed by atoms with E-state index >= 15 is 0 Å². The maximum Gasteiger partial charge on any atom is 0.233 e. The number of allylic oxidation sites excluding steroid dienone is 2. The first-order valence-corrected chi connectivity index (χ1v) is 9.84. The fraction of sp³-hybridized carbons (Fsp3) is 0.250. The first-order valence-electron chi connectivity index (χ1n) is 9.84. The number of ether oxygens (including phenoxy) is 1. The monoisotopic (exact) mass is 386 g/mol. The Hall–Kier alpha value is -3.34. The summed E-state index contributed by atoms with van der Waals surface area (Å²) in [4.78, 5) is 13.4. The number of fused-ring (bicyclic) bond motifs is 1. The van der Waals surface area contributed by atoms with Crippen molar-refractivity contribution in [3.05, 3.63) is 88.3 Å². The number of anilines is 1. The fourth-order valence-corrected chi connectivity index (χ4v) is 4.56. The molecule has 2 aromatic carbocycles. The van der Waals surface area contributed by atoms with Gasteiger partial charge in [0.15, 0.2) is 5.78 Å². The van der Waals surface area contributed by atoms with E-state index in [1.807, 2.05) is 49.4 Å². The van der Waals surface area contributed by atoms with Crippen LogP contribution in [0.15, 0.2) is 70.4 Å². The summed E-state index contributed by atoms with van der Waals surface area (Å²) in [5, 5.41) is 7.54. The summed E-state index contributed by atoms with van der Waals surface area (Å²) in [6.07, 6.45) is 1.29. The molecule has 0 radical (unpaired) electrons. The predicted molar refractivity (Wildman–Crippen MR) is 110 cm³/mol. The molecule has 5 rings (SSSR count). The zero-order valence-corrected chi connectivity index (χ0v) is 16.4. The molecule has 5 nitrogen and oxygen atoms in total. The number of aromatic nitrogens is 1. The molecule has 2 heterocycles. The number of ketones is 1. The first kappa shape index (κ1) is 17.7. The first-order chi connectivity index (χ1) is 14.2. The second-order valence-corrected chi connectivity index (χ2v) is 7.67. The number of nitrogens with zero attached hydrogens (tertiary/aromatic N) is 1. The Balaban J connectivity index is 1.61. The minimum atomic E-state index is -0.178. The molecule has 1 aromatic heterocycles. The van der Waals surface area contributed by atoms with Gasteiger partial charge in [-0.1, -0.05) is 47.6 Å². The maximum atomic E-state index is 13.4. The van der Waals surface area contributed by atoms with Gasteiger partial charge in [0.05, 0.1) is 18.4 Å². The van der Waals surface area contributed by atoms with Crippen molar-refractivity contribution in [2.24, 2.45) is 0 Å². The second-order valence-electron chi connectivity index (χ2n) is 7.67. The molecule has 1 N–H and O–H groups in total. The maximum absolute atomic E-state index is 13.4. The predicted octanol–water partition coefficient (Wildman–Crippen LogP) is 4.95. The van der Waals surface area contributed by atoms with E-state index in [9.17, 15) is 4.79 Å². The van der Waals surface area contributed by atoms with Crippen molar-refractivity contribution in [1.29, 1.82) is 0 Å². The van der Waals surface area contributed by atoms with E-state index in [0.717, 1.165) is 40.3 Å². The van der Waals surface area contributed by atoms with Crippen LogP contribution < -0.4 is 10.1 Å². The van der Waals surface area contributed by atoms with Crippen molar-refractivity contribution in [3.8, 4) is 5.75 Å². The van der Waals surface area contributed by atoms with Gasteiger partial charge in [0, 0.05) is 23.6 Å². The van der Waals surface area contributed by atoms with E-state index in [4.69, 9.17) is 9.26 Å². The summed E-state index contributed by atoms with van der Waals surface area (Å²) < 4.78 is 10.9. The third-order valence-corrected chi connectivity index (χ3v) is 5.98. The Morgan fingerprint density at radius 2 is 1.79 bits per heavy atom. The molecule has 29 heavy (non-hydrogen) atoms. The zero-order valence-electron chi connectivity index (χ0n) is 16.4. The summed E-state index contributed by atoms with van der Waals surface area (Å²) in [7, 11) is 1.65. The van der Waals surface area contributed by atoms with Crippen LogP contribution >= 0.6 is 0 Å². The number of carbonyl (C=O) groups excluding carboxylic acids is 1. The Bertz CT molecular complexity index is 1100. The molecule has 1 aliphatic heterocycles. The van der Waals surface area contributed by atoms with Gasteiger partial charge in [-0.3, -0.25) is 4.79 Å². The van der Waals surface area contributed by atoms with Gasteiger partial charge in [0.25, 0.3) is 0 Å². The van der Waals surface area contributed by atoms with Crippen LogP contribution in [0.3, 0.4) is 0 Å². The molecule has 2 atom stereocenters. The van der Waals surface area contributed by atoms with Crippen LogP contribution in [-0.2, 0) is 4.79 Å². The Kier molecular flexibility index (Phi) is 4.23. The molecule has 0 saturated carbocycles. The molecule has 2 aliphatic rings. The largest absolute Gasteiger partial charge is 0.497 e. The number of rotatable bonds is 3. The molecule has 0 spiro atoms. The lowest BCUT2D eigenvalue weighted by Crippen LogP contribution is -2.29. The van der Waals surface area contributed by atoms with Crippen molar-refractivity contribution < 1.29 is 14.1 Å². The molecule has 0 fully saturated rings. The molecule has 0 amide bonds. The number of nitrogens with one attached hydrogen (secondary N) is 1. The third kappa shape index (κ3) is 2.94. The number of hydrogen-bond donors (Lipinski definition) is 1. The minimum Gasteiger partial charge on any atom is -0.497 e. The van der Waals surface area contributed by atoms with Crippen LogP contribution in [0.2, 0.25) is 0 Å². The summed E-state index contributed by atoms with van der Waals surface area (Å²) in [5.41, 5.74) is 5.76. The smallest absolute Gasteiger partial charge is 0.233 e. The lowest BCUT2D eigenvalue weighted by molar-refractivity contribution is -0.116. The van der Waals surface area contributed by atoms with E-state index in [-0.39, 0.29) is 17.6 Å². The highest BCUT2D eigenvalue weighted by atomic mass is 16.5. The van der Waals surface area contributed by atoms with E-state index in [0.29, 0.717) is 12.3 Å². The SMILES string of the molecule is COc1ccc([C@H]2C3=C(C[C@@H](c4ccccc4)CC3=O)Nc3onc(C)c32)cc1. The third-order valence-electron chi connectivity index (χ3n) is 5.98. The molecule has 0 saturated heterocycles. The molecule has 0 unspecified atom stereocenters. The zero-order chi connectivity index (χ0) is 20.0. The molecule has 1 aliphatic carbocycles. The van der Waals surface area contributed by atoms with Crippen LogP contribution in [0.1, 0.15) is 47.1 Å². The van der Waals surface area contributed by atoms with Gasteiger partial charge in [-0.15, -0.1) is 0 Å². The quantitative estimate of drug-likeness (QED) is 0.690. The Labute approximate surface area is 169 Å². The van der Waals surface area contributed by atoms with Gasteiger partial charge in [0.2, 0.25) is 5.88 Å². The van der Waals surface area contributed by atoms with Gasteiger partial charge >= 0.3 is 0 Å².